The van der Waals surface area contributed by atoms with E-state index >= 15 is 0 Å². The Labute approximate surface area is 179 Å². The van der Waals surface area contributed by atoms with Crippen LogP contribution in [-0.2, 0) is 12.7 Å². The number of benzene rings is 3. The minimum absolute atomic E-state index is 0.00386. The van der Waals surface area contributed by atoms with Gasteiger partial charge < -0.3 is 14.1 Å². The summed E-state index contributed by atoms with van der Waals surface area (Å²) in [5.41, 5.74) is 1.22. The zero-order chi connectivity index (χ0) is 21.9. The van der Waals surface area contributed by atoms with Crippen LogP contribution in [0.2, 0.25) is 5.02 Å². The molecule has 0 radical (unpaired) electrons. The molecule has 0 spiro atoms. The molecular formula is C23H15ClF3NO3. The molecule has 0 atom stereocenters. The van der Waals surface area contributed by atoms with Gasteiger partial charge in [-0.1, -0.05) is 29.8 Å². The molecule has 0 N–H and O–H groups in total. The Bertz CT molecular complexity index is 1410. The van der Waals surface area contributed by atoms with Crippen molar-refractivity contribution in [3.05, 3.63) is 80.7 Å². The number of fused-ring (bicyclic) bond motifs is 4. The van der Waals surface area contributed by atoms with Crippen LogP contribution in [0, 0.1) is 6.92 Å². The molecule has 4 aromatic rings. The molecule has 3 aromatic carbocycles. The van der Waals surface area contributed by atoms with Gasteiger partial charge >= 0.3 is 11.8 Å². The number of hydrogen-bond acceptors (Lipinski definition) is 4. The summed E-state index contributed by atoms with van der Waals surface area (Å²) in [5.74, 6) is 0.602. The first kappa shape index (κ1) is 19.8. The van der Waals surface area contributed by atoms with Crippen molar-refractivity contribution < 1.29 is 22.3 Å². The highest BCUT2D eigenvalue weighted by Gasteiger charge is 2.32. The fourth-order valence-corrected chi connectivity index (χ4v) is 4.33. The van der Waals surface area contributed by atoms with Gasteiger partial charge in [-0.25, -0.2) is 4.79 Å². The third kappa shape index (κ3) is 3.20. The van der Waals surface area contributed by atoms with Gasteiger partial charge in [0.05, 0.1) is 21.7 Å². The summed E-state index contributed by atoms with van der Waals surface area (Å²) in [4.78, 5) is 14.1. The monoisotopic (exact) mass is 445 g/mol. The smallest absolute Gasteiger partial charge is 0.416 e. The van der Waals surface area contributed by atoms with Gasteiger partial charge in [-0.3, -0.25) is 0 Å². The Balaban J connectivity index is 1.62. The van der Waals surface area contributed by atoms with Crippen LogP contribution in [0.1, 0.15) is 16.7 Å². The van der Waals surface area contributed by atoms with E-state index in [4.69, 9.17) is 20.8 Å². The second-order valence-electron chi connectivity index (χ2n) is 7.44. The van der Waals surface area contributed by atoms with Gasteiger partial charge in [0.15, 0.2) is 6.73 Å². The van der Waals surface area contributed by atoms with E-state index in [0.717, 1.165) is 28.5 Å². The topological polar surface area (TPSA) is 42.7 Å². The molecule has 0 saturated heterocycles. The molecule has 158 valence electrons. The molecule has 4 nitrogen and oxygen atoms in total. The van der Waals surface area contributed by atoms with Crippen molar-refractivity contribution in [2.24, 2.45) is 0 Å². The lowest BCUT2D eigenvalue weighted by molar-refractivity contribution is -0.137. The van der Waals surface area contributed by atoms with Gasteiger partial charge in [-0.15, -0.1) is 0 Å². The maximum atomic E-state index is 13.0. The number of anilines is 1. The summed E-state index contributed by atoms with van der Waals surface area (Å²) in [6.45, 7) is 2.30. The molecule has 1 aromatic heterocycles. The van der Waals surface area contributed by atoms with E-state index in [1.54, 1.807) is 17.0 Å². The van der Waals surface area contributed by atoms with Crippen LogP contribution in [0.25, 0.3) is 21.7 Å². The van der Waals surface area contributed by atoms with Gasteiger partial charge in [0.2, 0.25) is 0 Å². The van der Waals surface area contributed by atoms with E-state index < -0.39 is 17.4 Å². The van der Waals surface area contributed by atoms with Crippen molar-refractivity contribution in [3.63, 3.8) is 0 Å². The van der Waals surface area contributed by atoms with Crippen LogP contribution in [0.4, 0.5) is 18.9 Å². The standard InChI is InChI=1S/C23H15ClF3NO3/c1-12-20-13(8-17-15-4-2-3-5-16(15)22(29)31-21(12)17)10-28(11-30-20)19-7-6-14(9-18(19)24)23(25,26)27/h2-9H,10-11H2,1H3. The summed E-state index contributed by atoms with van der Waals surface area (Å²) < 4.78 is 50.4. The van der Waals surface area contributed by atoms with Crippen LogP contribution >= 0.6 is 11.6 Å². The quantitative estimate of drug-likeness (QED) is 0.255. The zero-order valence-corrected chi connectivity index (χ0v) is 17.0. The Kier molecular flexibility index (Phi) is 4.41. The molecule has 5 rings (SSSR count). The predicted molar refractivity (Wildman–Crippen MR) is 113 cm³/mol. The van der Waals surface area contributed by atoms with E-state index in [9.17, 15) is 18.0 Å². The first-order valence-electron chi connectivity index (χ1n) is 9.46. The Morgan fingerprint density at radius 1 is 1.03 bits per heavy atom. The number of nitrogens with zero attached hydrogens (tertiary/aromatic N) is 1. The lowest BCUT2D eigenvalue weighted by Crippen LogP contribution is -2.32. The third-order valence-electron chi connectivity index (χ3n) is 5.51. The highest BCUT2D eigenvalue weighted by molar-refractivity contribution is 6.33. The van der Waals surface area contributed by atoms with Gasteiger partial charge in [0, 0.05) is 23.1 Å². The van der Waals surface area contributed by atoms with Gasteiger partial charge in [-0.2, -0.15) is 13.2 Å². The fourth-order valence-electron chi connectivity index (χ4n) is 4.03. The maximum Gasteiger partial charge on any atom is 0.416 e. The number of hydrogen-bond donors (Lipinski definition) is 0. The lowest BCUT2D eigenvalue weighted by atomic mass is 10.00. The van der Waals surface area contributed by atoms with E-state index in [1.807, 2.05) is 25.1 Å². The van der Waals surface area contributed by atoms with E-state index in [-0.39, 0.29) is 11.8 Å². The second kappa shape index (κ2) is 6.92. The van der Waals surface area contributed by atoms with Gasteiger partial charge in [0.25, 0.3) is 0 Å². The lowest BCUT2D eigenvalue weighted by Gasteiger charge is -2.32. The third-order valence-corrected chi connectivity index (χ3v) is 5.81. The minimum atomic E-state index is -4.46. The molecule has 0 aliphatic carbocycles. The molecule has 1 aliphatic rings. The van der Waals surface area contributed by atoms with Crippen LogP contribution in [0.15, 0.2) is 57.7 Å². The van der Waals surface area contributed by atoms with Crippen LogP contribution in [0.3, 0.4) is 0 Å². The predicted octanol–water partition coefficient (Wildman–Crippen LogP) is 6.28. The normalized spacial score (nSPS) is 14.0. The highest BCUT2D eigenvalue weighted by Crippen LogP contribution is 2.40. The number of halogens is 4. The second-order valence-corrected chi connectivity index (χ2v) is 7.84. The molecule has 1 aliphatic heterocycles. The SMILES string of the molecule is Cc1c2c(cc3c1oc(=O)c1ccccc13)CN(c1ccc(C(F)(F)F)cc1Cl)CO2. The minimum Gasteiger partial charge on any atom is -0.472 e. The number of alkyl halides is 3. The van der Waals surface area contributed by atoms with Crippen molar-refractivity contribution in [3.8, 4) is 5.75 Å². The Hall–Kier alpha value is -3.19. The Morgan fingerprint density at radius 3 is 2.48 bits per heavy atom. The molecule has 0 amide bonds. The molecule has 8 heteroatoms. The summed E-state index contributed by atoms with van der Waals surface area (Å²) in [6, 6.07) is 12.4. The number of rotatable bonds is 1. The van der Waals surface area contributed by atoms with E-state index in [0.29, 0.717) is 34.5 Å². The first-order chi connectivity index (χ1) is 14.7. The van der Waals surface area contributed by atoms with Crippen LogP contribution in [-0.4, -0.2) is 6.73 Å². The van der Waals surface area contributed by atoms with Crippen LogP contribution < -0.4 is 15.3 Å². The molecular weight excluding hydrogens is 431 g/mol. The van der Waals surface area contributed by atoms with Crippen molar-refractivity contribution in [1.29, 1.82) is 0 Å². The van der Waals surface area contributed by atoms with Crippen molar-refractivity contribution in [2.75, 3.05) is 11.6 Å². The molecule has 31 heavy (non-hydrogen) atoms. The van der Waals surface area contributed by atoms with Crippen molar-refractivity contribution >= 4 is 39.0 Å². The van der Waals surface area contributed by atoms with Gasteiger partial charge in [0.1, 0.15) is 11.3 Å². The highest BCUT2D eigenvalue weighted by atomic mass is 35.5. The average Bonchev–Trinajstić information content (AvgIpc) is 2.74. The summed E-state index contributed by atoms with van der Waals surface area (Å²) in [6.07, 6.45) is -4.46. The molecule has 0 unspecified atom stereocenters. The Morgan fingerprint density at radius 2 is 1.77 bits per heavy atom. The van der Waals surface area contributed by atoms with Gasteiger partial charge in [-0.05, 0) is 42.6 Å². The van der Waals surface area contributed by atoms with Crippen molar-refractivity contribution in [1.82, 2.24) is 0 Å². The zero-order valence-electron chi connectivity index (χ0n) is 16.2. The van der Waals surface area contributed by atoms with Crippen molar-refractivity contribution in [2.45, 2.75) is 19.6 Å². The summed E-state index contributed by atoms with van der Waals surface area (Å²) in [7, 11) is 0. The summed E-state index contributed by atoms with van der Waals surface area (Å²) >= 11 is 6.17. The van der Waals surface area contributed by atoms with E-state index in [1.165, 1.54) is 6.07 Å². The molecule has 0 bridgehead atoms. The largest absolute Gasteiger partial charge is 0.472 e. The fraction of sp³-hybridized carbons (Fsp3) is 0.174. The molecule has 2 heterocycles. The molecule has 0 saturated carbocycles. The number of ether oxygens (including phenoxy) is 1. The van der Waals surface area contributed by atoms with E-state index in [2.05, 4.69) is 0 Å². The summed E-state index contributed by atoms with van der Waals surface area (Å²) in [5, 5.41) is 2.02. The van der Waals surface area contributed by atoms with Crippen LogP contribution in [0.5, 0.6) is 5.75 Å². The molecule has 0 fully saturated rings. The first-order valence-corrected chi connectivity index (χ1v) is 9.84. The number of aryl methyl sites for hydroxylation is 1. The average molecular weight is 446 g/mol. The maximum absolute atomic E-state index is 13.0.